The van der Waals surface area contributed by atoms with E-state index in [2.05, 4.69) is 4.98 Å². The molecule has 0 bridgehead atoms. The van der Waals surface area contributed by atoms with E-state index >= 15 is 0 Å². The largest absolute Gasteiger partial charge is 0.287 e. The molecule has 0 spiro atoms. The molecule has 98 valence electrons. The van der Waals surface area contributed by atoms with Gasteiger partial charge in [-0.2, -0.15) is 0 Å². The molecule has 3 rings (SSSR count). The van der Waals surface area contributed by atoms with Gasteiger partial charge >= 0.3 is 0 Å². The number of benzene rings is 1. The first kappa shape index (κ1) is 12.7. The minimum absolute atomic E-state index is 0.248. The number of para-hydroxylation sites is 1. The minimum Gasteiger partial charge on any atom is -0.287 e. The third kappa shape index (κ3) is 2.81. The number of carbonyl (C=O) groups is 1. The summed E-state index contributed by atoms with van der Waals surface area (Å²) in [6, 6.07) is 10.0. The molecule has 1 aromatic carbocycles. The summed E-state index contributed by atoms with van der Waals surface area (Å²) in [7, 11) is 0. The highest BCUT2D eigenvalue weighted by molar-refractivity contribution is 8.13. The van der Waals surface area contributed by atoms with Crippen molar-refractivity contribution in [3.63, 3.8) is 0 Å². The monoisotopic (exact) mass is 271 g/mol. The molecule has 0 atom stereocenters. The van der Waals surface area contributed by atoms with Crippen molar-refractivity contribution in [3.8, 4) is 0 Å². The van der Waals surface area contributed by atoms with Crippen molar-refractivity contribution < 1.29 is 4.79 Å². The maximum absolute atomic E-state index is 12.3. The normalized spacial score (nSPS) is 16.6. The molecule has 2 nitrogen and oxygen atoms in total. The molecule has 1 fully saturated rings. The third-order valence-electron chi connectivity index (χ3n) is 3.74. The van der Waals surface area contributed by atoms with E-state index in [0.717, 1.165) is 28.6 Å². The standard InChI is InChI=1S/C16H17NOS/c18-16(13-6-2-1-3-7-13)19-14-10-4-8-12-9-5-11-17-15(12)14/h4-5,8-11,13H,1-3,6-7H2. The molecule has 2 aromatic rings. The molecule has 0 aliphatic heterocycles. The highest BCUT2D eigenvalue weighted by atomic mass is 32.2. The van der Waals surface area contributed by atoms with E-state index in [0.29, 0.717) is 5.12 Å². The van der Waals surface area contributed by atoms with Gasteiger partial charge < -0.3 is 0 Å². The number of rotatable bonds is 2. The van der Waals surface area contributed by atoms with Crippen molar-refractivity contribution in [2.75, 3.05) is 0 Å². The first-order chi connectivity index (χ1) is 9.34. The Morgan fingerprint density at radius 3 is 2.74 bits per heavy atom. The Morgan fingerprint density at radius 1 is 1.11 bits per heavy atom. The van der Waals surface area contributed by atoms with Crippen LogP contribution in [0.15, 0.2) is 41.4 Å². The second-order valence-corrected chi connectivity index (χ2v) is 6.13. The Morgan fingerprint density at radius 2 is 1.89 bits per heavy atom. The van der Waals surface area contributed by atoms with Crippen LogP contribution in [0.4, 0.5) is 0 Å². The van der Waals surface area contributed by atoms with Crippen LogP contribution in [-0.4, -0.2) is 10.1 Å². The third-order valence-corrected chi connectivity index (χ3v) is 4.83. The van der Waals surface area contributed by atoms with Gasteiger partial charge in [0.1, 0.15) is 0 Å². The van der Waals surface area contributed by atoms with Crippen LogP contribution in [0.1, 0.15) is 32.1 Å². The Hall–Kier alpha value is -1.35. The highest BCUT2D eigenvalue weighted by Gasteiger charge is 2.22. The van der Waals surface area contributed by atoms with Gasteiger partial charge in [0.2, 0.25) is 0 Å². The van der Waals surface area contributed by atoms with Crippen molar-refractivity contribution >= 4 is 27.8 Å². The predicted molar refractivity (Wildman–Crippen MR) is 79.2 cm³/mol. The average molecular weight is 271 g/mol. The zero-order valence-electron chi connectivity index (χ0n) is 10.8. The fourth-order valence-electron chi connectivity index (χ4n) is 2.69. The summed E-state index contributed by atoms with van der Waals surface area (Å²) < 4.78 is 0. The predicted octanol–water partition coefficient (Wildman–Crippen LogP) is 4.43. The maximum atomic E-state index is 12.3. The van der Waals surface area contributed by atoms with Gasteiger partial charge in [0, 0.05) is 22.4 Å². The number of fused-ring (bicyclic) bond motifs is 1. The molecule has 0 N–H and O–H groups in total. The lowest BCUT2D eigenvalue weighted by molar-refractivity contribution is -0.115. The van der Waals surface area contributed by atoms with Gasteiger partial charge in [-0.05, 0) is 36.7 Å². The number of aromatic nitrogens is 1. The number of pyridine rings is 1. The van der Waals surface area contributed by atoms with Gasteiger partial charge in [0.05, 0.1) is 5.52 Å². The highest BCUT2D eigenvalue weighted by Crippen LogP contribution is 2.33. The van der Waals surface area contributed by atoms with E-state index in [4.69, 9.17) is 0 Å². The maximum Gasteiger partial charge on any atom is 0.196 e. The fraction of sp³-hybridized carbons (Fsp3) is 0.375. The average Bonchev–Trinajstić information content (AvgIpc) is 2.48. The van der Waals surface area contributed by atoms with Crippen LogP contribution < -0.4 is 0 Å². The first-order valence-corrected chi connectivity index (χ1v) is 7.72. The van der Waals surface area contributed by atoms with Crippen molar-refractivity contribution in [1.82, 2.24) is 4.98 Å². The molecule has 1 heterocycles. The van der Waals surface area contributed by atoms with Gasteiger partial charge in [0.25, 0.3) is 0 Å². The van der Waals surface area contributed by atoms with Gasteiger partial charge in [0.15, 0.2) is 5.12 Å². The van der Waals surface area contributed by atoms with E-state index in [1.54, 1.807) is 6.20 Å². The quantitative estimate of drug-likeness (QED) is 0.757. The molecule has 3 heteroatoms. The molecule has 1 saturated carbocycles. The molecule has 19 heavy (non-hydrogen) atoms. The summed E-state index contributed by atoms with van der Waals surface area (Å²) >= 11 is 1.38. The van der Waals surface area contributed by atoms with Crippen molar-refractivity contribution in [2.45, 2.75) is 37.0 Å². The molecule has 1 aliphatic rings. The van der Waals surface area contributed by atoms with Gasteiger partial charge in [-0.3, -0.25) is 9.78 Å². The number of nitrogens with zero attached hydrogens (tertiary/aromatic N) is 1. The van der Waals surface area contributed by atoms with Gasteiger partial charge in [-0.1, -0.05) is 37.5 Å². The molecule has 1 aromatic heterocycles. The van der Waals surface area contributed by atoms with Gasteiger partial charge in [-0.15, -0.1) is 0 Å². The molecule has 0 radical (unpaired) electrons. The minimum atomic E-state index is 0.248. The van der Waals surface area contributed by atoms with E-state index < -0.39 is 0 Å². The summed E-state index contributed by atoms with van der Waals surface area (Å²) in [5.74, 6) is 0.248. The molecular formula is C16H17NOS. The summed E-state index contributed by atoms with van der Waals surface area (Å²) in [4.78, 5) is 17.7. The zero-order chi connectivity index (χ0) is 13.1. The van der Waals surface area contributed by atoms with E-state index in [-0.39, 0.29) is 5.92 Å². The summed E-state index contributed by atoms with van der Waals surface area (Å²) in [5.41, 5.74) is 0.944. The summed E-state index contributed by atoms with van der Waals surface area (Å²) in [6.07, 6.45) is 7.59. The number of thioether (sulfide) groups is 1. The van der Waals surface area contributed by atoms with E-state index in [1.807, 2.05) is 30.3 Å². The second-order valence-electron chi connectivity index (χ2n) is 5.09. The number of hydrogen-bond acceptors (Lipinski definition) is 3. The zero-order valence-corrected chi connectivity index (χ0v) is 11.7. The smallest absolute Gasteiger partial charge is 0.196 e. The van der Waals surface area contributed by atoms with Crippen LogP contribution in [0.2, 0.25) is 0 Å². The Labute approximate surface area is 117 Å². The van der Waals surface area contributed by atoms with Crippen molar-refractivity contribution in [2.24, 2.45) is 5.92 Å². The van der Waals surface area contributed by atoms with Crippen LogP contribution in [0.3, 0.4) is 0 Å². The SMILES string of the molecule is O=C(Sc1cccc2cccnc12)C1CCCCC1. The van der Waals surface area contributed by atoms with Crippen LogP contribution in [0.5, 0.6) is 0 Å². The van der Waals surface area contributed by atoms with Gasteiger partial charge in [-0.25, -0.2) is 0 Å². The molecule has 0 amide bonds. The Kier molecular flexibility index (Phi) is 3.83. The number of carbonyl (C=O) groups excluding carboxylic acids is 1. The molecule has 1 aliphatic carbocycles. The molecule has 0 unspecified atom stereocenters. The van der Waals surface area contributed by atoms with Crippen LogP contribution >= 0.6 is 11.8 Å². The van der Waals surface area contributed by atoms with Crippen LogP contribution in [0.25, 0.3) is 10.9 Å². The lowest BCUT2D eigenvalue weighted by atomic mass is 9.90. The number of hydrogen-bond donors (Lipinski definition) is 0. The lowest BCUT2D eigenvalue weighted by Gasteiger charge is -2.19. The molecule has 0 saturated heterocycles. The van der Waals surface area contributed by atoms with Crippen LogP contribution in [-0.2, 0) is 4.79 Å². The summed E-state index contributed by atoms with van der Waals surface area (Å²) in [6.45, 7) is 0. The van der Waals surface area contributed by atoms with Crippen molar-refractivity contribution in [3.05, 3.63) is 36.5 Å². The summed E-state index contributed by atoms with van der Waals surface area (Å²) in [5, 5.41) is 1.42. The van der Waals surface area contributed by atoms with E-state index in [1.165, 1.54) is 31.0 Å². The first-order valence-electron chi connectivity index (χ1n) is 6.90. The molecular weight excluding hydrogens is 254 g/mol. The Balaban J connectivity index is 1.82. The van der Waals surface area contributed by atoms with Crippen molar-refractivity contribution in [1.29, 1.82) is 0 Å². The fourth-order valence-corrected chi connectivity index (χ4v) is 3.72. The second kappa shape index (κ2) is 5.74. The van der Waals surface area contributed by atoms with Crippen LogP contribution in [0, 0.1) is 5.92 Å². The lowest BCUT2D eigenvalue weighted by Crippen LogP contribution is -2.14. The topological polar surface area (TPSA) is 30.0 Å². The Bertz CT molecular complexity index is 585. The van der Waals surface area contributed by atoms with E-state index in [9.17, 15) is 4.79 Å².